The third-order valence-corrected chi connectivity index (χ3v) is 4.72. The molecule has 25 heavy (non-hydrogen) atoms. The standard InChI is InChI=1S/C21H24N2O2/c1-15-7-9-18(10-8-15)20(22-16(2)24)13-21(25)23-12-11-17-5-3-4-6-19(17)14-23/h3-10,20H,11-14H2,1-2H3,(H,22,24). The molecule has 0 aliphatic carbocycles. The van der Waals surface area contributed by atoms with Gasteiger partial charge in [-0.1, -0.05) is 54.1 Å². The molecule has 0 radical (unpaired) electrons. The lowest BCUT2D eigenvalue weighted by atomic mass is 9.98. The first kappa shape index (κ1) is 17.2. The average molecular weight is 336 g/mol. The fourth-order valence-electron chi connectivity index (χ4n) is 3.31. The normalized spacial score (nSPS) is 14.6. The maximum atomic E-state index is 12.8. The van der Waals surface area contributed by atoms with E-state index in [2.05, 4.69) is 17.4 Å². The molecule has 0 bridgehead atoms. The van der Waals surface area contributed by atoms with E-state index in [0.29, 0.717) is 6.54 Å². The maximum absolute atomic E-state index is 12.8. The molecule has 2 amide bonds. The van der Waals surface area contributed by atoms with Crippen molar-refractivity contribution in [2.45, 2.75) is 39.3 Å². The number of amides is 2. The molecule has 2 aromatic rings. The van der Waals surface area contributed by atoms with E-state index in [-0.39, 0.29) is 24.3 Å². The van der Waals surface area contributed by atoms with Gasteiger partial charge in [0.15, 0.2) is 0 Å². The van der Waals surface area contributed by atoms with E-state index in [4.69, 9.17) is 0 Å². The van der Waals surface area contributed by atoms with Crippen LogP contribution in [0.5, 0.6) is 0 Å². The summed E-state index contributed by atoms with van der Waals surface area (Å²) in [7, 11) is 0. The summed E-state index contributed by atoms with van der Waals surface area (Å²) in [4.78, 5) is 26.3. The van der Waals surface area contributed by atoms with Crippen LogP contribution in [0.4, 0.5) is 0 Å². The zero-order chi connectivity index (χ0) is 17.8. The summed E-state index contributed by atoms with van der Waals surface area (Å²) in [5.41, 5.74) is 4.66. The first-order valence-corrected chi connectivity index (χ1v) is 8.71. The number of fused-ring (bicyclic) bond motifs is 1. The molecule has 0 saturated heterocycles. The molecular weight excluding hydrogens is 312 g/mol. The van der Waals surface area contributed by atoms with Crippen LogP contribution in [0.1, 0.15) is 41.6 Å². The highest BCUT2D eigenvalue weighted by Gasteiger charge is 2.24. The van der Waals surface area contributed by atoms with E-state index >= 15 is 0 Å². The fourth-order valence-corrected chi connectivity index (χ4v) is 3.31. The lowest BCUT2D eigenvalue weighted by Gasteiger charge is -2.30. The van der Waals surface area contributed by atoms with Crippen molar-refractivity contribution in [1.82, 2.24) is 10.2 Å². The second kappa shape index (κ2) is 7.51. The van der Waals surface area contributed by atoms with E-state index in [9.17, 15) is 9.59 Å². The summed E-state index contributed by atoms with van der Waals surface area (Å²) in [5.74, 6) is -0.0452. The van der Waals surface area contributed by atoms with E-state index in [1.54, 1.807) is 0 Å². The predicted molar refractivity (Wildman–Crippen MR) is 97.9 cm³/mol. The molecule has 130 valence electrons. The predicted octanol–water partition coefficient (Wildman–Crippen LogP) is 3.15. The van der Waals surface area contributed by atoms with Crippen LogP contribution in [0.15, 0.2) is 48.5 Å². The van der Waals surface area contributed by atoms with Gasteiger partial charge in [0.1, 0.15) is 0 Å². The summed E-state index contributed by atoms with van der Waals surface area (Å²) >= 11 is 0. The zero-order valence-corrected chi connectivity index (χ0v) is 14.8. The summed E-state index contributed by atoms with van der Waals surface area (Å²) in [6.45, 7) is 4.89. The van der Waals surface area contributed by atoms with Gasteiger partial charge in [0.05, 0.1) is 12.5 Å². The van der Waals surface area contributed by atoms with Crippen LogP contribution in [0, 0.1) is 6.92 Å². The van der Waals surface area contributed by atoms with Crippen LogP contribution in [0.3, 0.4) is 0 Å². The van der Waals surface area contributed by atoms with Crippen molar-refractivity contribution in [3.8, 4) is 0 Å². The number of hydrogen-bond donors (Lipinski definition) is 1. The monoisotopic (exact) mass is 336 g/mol. The maximum Gasteiger partial charge on any atom is 0.225 e. The van der Waals surface area contributed by atoms with Crippen molar-refractivity contribution in [2.24, 2.45) is 0 Å². The van der Waals surface area contributed by atoms with Gasteiger partial charge in [0.25, 0.3) is 0 Å². The minimum absolute atomic E-state index is 0.0776. The number of nitrogens with one attached hydrogen (secondary N) is 1. The van der Waals surface area contributed by atoms with Gasteiger partial charge in [-0.25, -0.2) is 0 Å². The summed E-state index contributed by atoms with van der Waals surface area (Å²) in [6, 6.07) is 16.0. The largest absolute Gasteiger partial charge is 0.349 e. The van der Waals surface area contributed by atoms with E-state index in [1.807, 2.05) is 48.2 Å². The second-order valence-corrected chi connectivity index (χ2v) is 6.70. The molecule has 0 fully saturated rings. The molecule has 4 nitrogen and oxygen atoms in total. The molecular formula is C21H24N2O2. The molecule has 0 saturated carbocycles. The smallest absolute Gasteiger partial charge is 0.225 e. The van der Waals surface area contributed by atoms with Crippen LogP contribution >= 0.6 is 0 Å². The van der Waals surface area contributed by atoms with Crippen LogP contribution in [0.2, 0.25) is 0 Å². The number of nitrogens with zero attached hydrogens (tertiary/aromatic N) is 1. The van der Waals surface area contributed by atoms with Crippen molar-refractivity contribution in [3.63, 3.8) is 0 Å². The molecule has 1 aliphatic heterocycles. The van der Waals surface area contributed by atoms with E-state index in [1.165, 1.54) is 18.1 Å². The molecule has 1 aliphatic rings. The molecule has 4 heteroatoms. The van der Waals surface area contributed by atoms with Gasteiger partial charge in [0.2, 0.25) is 11.8 Å². The Morgan fingerprint density at radius 2 is 1.76 bits per heavy atom. The number of aryl methyl sites for hydroxylation is 1. The summed E-state index contributed by atoms with van der Waals surface area (Å²) in [5, 5.41) is 2.92. The SMILES string of the molecule is CC(=O)NC(CC(=O)N1CCc2ccccc2C1)c1ccc(C)cc1. The highest BCUT2D eigenvalue weighted by molar-refractivity contribution is 5.79. The molecule has 0 spiro atoms. The molecule has 2 aromatic carbocycles. The van der Waals surface area contributed by atoms with E-state index in [0.717, 1.165) is 24.1 Å². The van der Waals surface area contributed by atoms with Crippen molar-refractivity contribution in [3.05, 3.63) is 70.8 Å². The van der Waals surface area contributed by atoms with Gasteiger partial charge < -0.3 is 10.2 Å². The Bertz CT molecular complexity index is 768. The second-order valence-electron chi connectivity index (χ2n) is 6.70. The van der Waals surface area contributed by atoms with Crippen LogP contribution in [-0.4, -0.2) is 23.3 Å². The van der Waals surface area contributed by atoms with Gasteiger partial charge in [-0.15, -0.1) is 0 Å². The zero-order valence-electron chi connectivity index (χ0n) is 14.8. The van der Waals surface area contributed by atoms with Crippen molar-refractivity contribution in [2.75, 3.05) is 6.54 Å². The van der Waals surface area contributed by atoms with Gasteiger partial charge in [-0.2, -0.15) is 0 Å². The van der Waals surface area contributed by atoms with Crippen LogP contribution in [-0.2, 0) is 22.6 Å². The third-order valence-electron chi connectivity index (χ3n) is 4.72. The molecule has 1 N–H and O–H groups in total. The quantitative estimate of drug-likeness (QED) is 0.932. The number of carbonyl (C=O) groups excluding carboxylic acids is 2. The first-order valence-electron chi connectivity index (χ1n) is 8.71. The Hall–Kier alpha value is -2.62. The number of rotatable bonds is 4. The molecule has 1 heterocycles. The molecule has 3 rings (SSSR count). The number of hydrogen-bond acceptors (Lipinski definition) is 2. The Labute approximate surface area is 148 Å². The van der Waals surface area contributed by atoms with Crippen molar-refractivity contribution < 1.29 is 9.59 Å². The highest BCUT2D eigenvalue weighted by atomic mass is 16.2. The topological polar surface area (TPSA) is 49.4 Å². The Morgan fingerprint density at radius 3 is 2.44 bits per heavy atom. The highest BCUT2D eigenvalue weighted by Crippen LogP contribution is 2.23. The lowest BCUT2D eigenvalue weighted by Crippen LogP contribution is -2.38. The minimum atomic E-state index is -0.289. The van der Waals surface area contributed by atoms with Gasteiger partial charge in [-0.05, 0) is 30.0 Å². The molecule has 0 aromatic heterocycles. The van der Waals surface area contributed by atoms with Gasteiger partial charge in [-0.3, -0.25) is 9.59 Å². The molecule has 1 unspecified atom stereocenters. The van der Waals surface area contributed by atoms with Crippen molar-refractivity contribution >= 4 is 11.8 Å². The van der Waals surface area contributed by atoms with Gasteiger partial charge >= 0.3 is 0 Å². The Kier molecular flexibility index (Phi) is 5.17. The number of benzene rings is 2. The Balaban J connectivity index is 1.72. The van der Waals surface area contributed by atoms with E-state index < -0.39 is 0 Å². The third kappa shape index (κ3) is 4.27. The average Bonchev–Trinajstić information content (AvgIpc) is 2.61. The number of carbonyl (C=O) groups is 2. The van der Waals surface area contributed by atoms with Crippen LogP contribution in [0.25, 0.3) is 0 Å². The summed E-state index contributed by atoms with van der Waals surface area (Å²) in [6.07, 6.45) is 1.17. The van der Waals surface area contributed by atoms with Gasteiger partial charge in [0, 0.05) is 20.0 Å². The van der Waals surface area contributed by atoms with Crippen LogP contribution < -0.4 is 5.32 Å². The Morgan fingerprint density at radius 1 is 1.08 bits per heavy atom. The first-order chi connectivity index (χ1) is 12.0. The van der Waals surface area contributed by atoms with Crippen molar-refractivity contribution in [1.29, 1.82) is 0 Å². The molecule has 1 atom stereocenters. The summed E-state index contributed by atoms with van der Waals surface area (Å²) < 4.78 is 0. The fraction of sp³-hybridized carbons (Fsp3) is 0.333. The minimum Gasteiger partial charge on any atom is -0.349 e. The lowest BCUT2D eigenvalue weighted by molar-refractivity contribution is -0.133.